The van der Waals surface area contributed by atoms with E-state index in [1.54, 1.807) is 24.4 Å². The van der Waals surface area contributed by atoms with Crippen LogP contribution in [0.4, 0.5) is 11.4 Å². The van der Waals surface area contributed by atoms with Crippen LogP contribution in [0.25, 0.3) is 0 Å². The number of aromatic nitrogens is 2. The predicted octanol–water partition coefficient (Wildman–Crippen LogP) is 4.05. The molecule has 1 N–H and O–H groups in total. The number of non-ortho nitro benzene ring substituents is 1. The molecule has 0 fully saturated rings. The quantitative estimate of drug-likeness (QED) is 0.459. The average molecular weight is 417 g/mol. The lowest BCUT2D eigenvalue weighted by atomic mass is 10.2. The van der Waals surface area contributed by atoms with E-state index in [1.807, 2.05) is 6.92 Å². The molecule has 1 heterocycles. The largest absolute Gasteiger partial charge is 0.494 e. The molecule has 0 spiro atoms. The SMILES string of the molecule is COc1cc([N+](=O)[O-])ccc1NC(=O)c1ccn(COc2ccc(Cl)cc2C)n1. The summed E-state index contributed by atoms with van der Waals surface area (Å²) in [5, 5.41) is 18.3. The number of methoxy groups -OCH3 is 1. The number of nitro benzene ring substituents is 1. The highest BCUT2D eigenvalue weighted by atomic mass is 35.5. The Morgan fingerprint density at radius 1 is 1.24 bits per heavy atom. The molecule has 3 aromatic rings. The molecule has 0 unspecified atom stereocenters. The van der Waals surface area contributed by atoms with Crippen LogP contribution < -0.4 is 14.8 Å². The van der Waals surface area contributed by atoms with Gasteiger partial charge < -0.3 is 14.8 Å². The molecule has 0 atom stereocenters. The second kappa shape index (κ2) is 8.61. The molecule has 1 aromatic heterocycles. The van der Waals surface area contributed by atoms with Crippen molar-refractivity contribution < 1.29 is 19.2 Å². The van der Waals surface area contributed by atoms with Crippen molar-refractivity contribution >= 4 is 28.9 Å². The average Bonchev–Trinajstić information content (AvgIpc) is 3.16. The third-order valence-corrected chi connectivity index (χ3v) is 4.24. The number of benzene rings is 2. The monoisotopic (exact) mass is 416 g/mol. The molecule has 0 bridgehead atoms. The lowest BCUT2D eigenvalue weighted by Crippen LogP contribution is -2.15. The Morgan fingerprint density at radius 2 is 2.03 bits per heavy atom. The molecule has 0 aliphatic carbocycles. The second-order valence-corrected chi connectivity index (χ2v) is 6.46. The number of nitro groups is 1. The number of hydrogen-bond donors (Lipinski definition) is 1. The molecular formula is C19H17ClN4O5. The number of nitrogens with zero attached hydrogens (tertiary/aromatic N) is 3. The molecule has 150 valence electrons. The Hall–Kier alpha value is -3.59. The number of aryl methyl sites for hydroxylation is 1. The minimum absolute atomic E-state index is 0.108. The zero-order valence-electron chi connectivity index (χ0n) is 15.6. The van der Waals surface area contributed by atoms with Crippen molar-refractivity contribution in [2.75, 3.05) is 12.4 Å². The Kier molecular flexibility index (Phi) is 5.99. The van der Waals surface area contributed by atoms with E-state index in [0.29, 0.717) is 16.5 Å². The number of anilines is 1. The molecule has 0 saturated heterocycles. The predicted molar refractivity (Wildman–Crippen MR) is 107 cm³/mol. The van der Waals surface area contributed by atoms with Crippen molar-refractivity contribution in [3.05, 3.63) is 75.1 Å². The van der Waals surface area contributed by atoms with E-state index in [2.05, 4.69) is 10.4 Å². The number of hydrogen-bond acceptors (Lipinski definition) is 6. The van der Waals surface area contributed by atoms with E-state index in [4.69, 9.17) is 21.1 Å². The van der Waals surface area contributed by atoms with Gasteiger partial charge in [0.15, 0.2) is 12.4 Å². The minimum atomic E-state index is -0.543. The van der Waals surface area contributed by atoms with Crippen molar-refractivity contribution in [2.24, 2.45) is 0 Å². The van der Waals surface area contributed by atoms with Crippen LogP contribution in [0.2, 0.25) is 5.02 Å². The van der Waals surface area contributed by atoms with Gasteiger partial charge in [-0.2, -0.15) is 5.10 Å². The summed E-state index contributed by atoms with van der Waals surface area (Å²) in [4.78, 5) is 22.8. The van der Waals surface area contributed by atoms with Crippen LogP contribution in [0.15, 0.2) is 48.7 Å². The number of carbonyl (C=O) groups excluding carboxylic acids is 1. The fraction of sp³-hybridized carbons (Fsp3) is 0.158. The highest BCUT2D eigenvalue weighted by Crippen LogP contribution is 2.29. The smallest absolute Gasteiger partial charge is 0.276 e. The standard InChI is InChI=1S/C19H17ClN4O5/c1-12-9-13(20)3-6-17(12)29-11-23-8-7-16(22-23)19(25)21-15-5-4-14(24(26)27)10-18(15)28-2/h3-10H,11H2,1-2H3,(H,21,25). The van der Waals surface area contributed by atoms with Gasteiger partial charge in [0, 0.05) is 17.3 Å². The number of rotatable bonds is 7. The zero-order chi connectivity index (χ0) is 21.0. The fourth-order valence-electron chi connectivity index (χ4n) is 2.55. The Morgan fingerprint density at radius 3 is 2.72 bits per heavy atom. The summed E-state index contributed by atoms with van der Waals surface area (Å²) in [7, 11) is 1.36. The van der Waals surface area contributed by atoms with Crippen LogP contribution in [0.1, 0.15) is 16.1 Å². The molecule has 0 radical (unpaired) electrons. The lowest BCUT2D eigenvalue weighted by molar-refractivity contribution is -0.384. The van der Waals surface area contributed by atoms with E-state index in [1.165, 1.54) is 36.1 Å². The van der Waals surface area contributed by atoms with Crippen molar-refractivity contribution in [1.29, 1.82) is 0 Å². The molecule has 0 aliphatic heterocycles. The van der Waals surface area contributed by atoms with Gasteiger partial charge in [-0.15, -0.1) is 0 Å². The van der Waals surface area contributed by atoms with Gasteiger partial charge in [0.05, 0.1) is 23.8 Å². The third kappa shape index (κ3) is 4.82. The minimum Gasteiger partial charge on any atom is -0.494 e. The first-order valence-electron chi connectivity index (χ1n) is 8.43. The van der Waals surface area contributed by atoms with Gasteiger partial charge in [-0.1, -0.05) is 11.6 Å². The van der Waals surface area contributed by atoms with Crippen LogP contribution in [0, 0.1) is 17.0 Å². The molecule has 3 rings (SSSR count). The van der Waals surface area contributed by atoms with E-state index in [-0.39, 0.29) is 23.9 Å². The van der Waals surface area contributed by atoms with Crippen molar-refractivity contribution in [2.45, 2.75) is 13.7 Å². The van der Waals surface area contributed by atoms with Crippen molar-refractivity contribution in [1.82, 2.24) is 9.78 Å². The first-order valence-corrected chi connectivity index (χ1v) is 8.81. The summed E-state index contributed by atoms with van der Waals surface area (Å²) in [5.41, 5.74) is 1.19. The highest BCUT2D eigenvalue weighted by Gasteiger charge is 2.16. The van der Waals surface area contributed by atoms with E-state index in [9.17, 15) is 14.9 Å². The van der Waals surface area contributed by atoms with Crippen molar-refractivity contribution in [3.63, 3.8) is 0 Å². The van der Waals surface area contributed by atoms with E-state index in [0.717, 1.165) is 5.56 Å². The normalized spacial score (nSPS) is 10.4. The van der Waals surface area contributed by atoms with Gasteiger partial charge in [0.1, 0.15) is 11.5 Å². The van der Waals surface area contributed by atoms with Gasteiger partial charge in [-0.05, 0) is 42.8 Å². The molecule has 0 saturated carbocycles. The fourth-order valence-corrected chi connectivity index (χ4v) is 2.77. The number of halogens is 1. The Labute approximate surface area is 171 Å². The number of ether oxygens (including phenoxy) is 2. The number of amides is 1. The maximum Gasteiger partial charge on any atom is 0.276 e. The lowest BCUT2D eigenvalue weighted by Gasteiger charge is -2.10. The van der Waals surface area contributed by atoms with Crippen LogP contribution in [-0.4, -0.2) is 27.7 Å². The second-order valence-electron chi connectivity index (χ2n) is 6.02. The number of nitrogens with one attached hydrogen (secondary N) is 1. The highest BCUT2D eigenvalue weighted by molar-refractivity contribution is 6.30. The molecule has 0 aliphatic rings. The van der Waals surface area contributed by atoms with E-state index >= 15 is 0 Å². The summed E-state index contributed by atoms with van der Waals surface area (Å²) in [5.74, 6) is 0.346. The maximum absolute atomic E-state index is 12.4. The van der Waals surface area contributed by atoms with Gasteiger partial charge in [0.25, 0.3) is 11.6 Å². The molecule has 2 aromatic carbocycles. The third-order valence-electron chi connectivity index (χ3n) is 4.01. The first kappa shape index (κ1) is 20.2. The van der Waals surface area contributed by atoms with Gasteiger partial charge in [-0.25, -0.2) is 4.68 Å². The van der Waals surface area contributed by atoms with Crippen LogP contribution in [0.3, 0.4) is 0 Å². The van der Waals surface area contributed by atoms with Gasteiger partial charge in [0.2, 0.25) is 0 Å². The maximum atomic E-state index is 12.4. The summed E-state index contributed by atoms with van der Waals surface area (Å²) < 4.78 is 12.3. The topological polar surface area (TPSA) is 109 Å². The molecule has 9 nitrogen and oxygen atoms in total. The zero-order valence-corrected chi connectivity index (χ0v) is 16.3. The van der Waals surface area contributed by atoms with Crippen LogP contribution >= 0.6 is 11.6 Å². The molecule has 29 heavy (non-hydrogen) atoms. The molecule has 1 amide bonds. The summed E-state index contributed by atoms with van der Waals surface area (Å²) in [6.45, 7) is 1.98. The van der Waals surface area contributed by atoms with Crippen LogP contribution in [0.5, 0.6) is 11.5 Å². The summed E-state index contributed by atoms with van der Waals surface area (Å²) >= 11 is 5.92. The molecule has 10 heteroatoms. The summed E-state index contributed by atoms with van der Waals surface area (Å²) in [6, 6.07) is 10.7. The first-order chi connectivity index (χ1) is 13.9. The molecular weight excluding hydrogens is 400 g/mol. The van der Waals surface area contributed by atoms with Gasteiger partial charge >= 0.3 is 0 Å². The summed E-state index contributed by atoms with van der Waals surface area (Å²) in [6.07, 6.45) is 1.60. The van der Waals surface area contributed by atoms with Crippen LogP contribution in [-0.2, 0) is 6.73 Å². The number of carbonyl (C=O) groups is 1. The Balaban J connectivity index is 1.67. The Bertz CT molecular complexity index is 1070. The van der Waals surface area contributed by atoms with Crippen molar-refractivity contribution in [3.8, 4) is 11.5 Å². The van der Waals surface area contributed by atoms with Gasteiger partial charge in [-0.3, -0.25) is 14.9 Å². The van der Waals surface area contributed by atoms with E-state index < -0.39 is 10.8 Å².